The third kappa shape index (κ3) is 11.7. The van der Waals surface area contributed by atoms with Gasteiger partial charge in [0.05, 0.1) is 0 Å². The summed E-state index contributed by atoms with van der Waals surface area (Å²) in [5, 5.41) is 0. The van der Waals surface area contributed by atoms with Gasteiger partial charge in [-0.25, -0.2) is 0 Å². The van der Waals surface area contributed by atoms with Gasteiger partial charge in [0.15, 0.2) is 0 Å². The minimum atomic E-state index is 0. The zero-order chi connectivity index (χ0) is 6.41. The molecule has 9 heavy (non-hydrogen) atoms. The van der Waals surface area contributed by atoms with Gasteiger partial charge in [0.25, 0.3) is 0 Å². The van der Waals surface area contributed by atoms with Crippen LogP contribution in [0.2, 0.25) is 0 Å². The third-order valence-corrected chi connectivity index (χ3v) is 0.808. The molecule has 50 valence electrons. The summed E-state index contributed by atoms with van der Waals surface area (Å²) in [5.74, 6) is 0.139. The molecule has 0 saturated carbocycles. The molecule has 3 heteroatoms. The fourth-order valence-electron chi connectivity index (χ4n) is 0.410. The molecule has 0 aliphatic carbocycles. The fourth-order valence-corrected chi connectivity index (χ4v) is 0.410. The number of rotatable bonds is 4. The van der Waals surface area contributed by atoms with Crippen molar-refractivity contribution in [1.29, 1.82) is 0 Å². The standard InChI is InChI=1S/C6H9O2.Zr/c1-6(8)4-2-3-5-7;/h2-4H2,1H3;/q-1;. The van der Waals surface area contributed by atoms with Crippen LogP contribution in [0.15, 0.2) is 0 Å². The van der Waals surface area contributed by atoms with E-state index in [0.717, 1.165) is 0 Å². The summed E-state index contributed by atoms with van der Waals surface area (Å²) in [4.78, 5) is 19.7. The summed E-state index contributed by atoms with van der Waals surface area (Å²) < 4.78 is 0. The van der Waals surface area contributed by atoms with Gasteiger partial charge < -0.3 is 9.59 Å². The van der Waals surface area contributed by atoms with Crippen molar-refractivity contribution in [2.75, 3.05) is 0 Å². The van der Waals surface area contributed by atoms with Crippen LogP contribution >= 0.6 is 0 Å². The van der Waals surface area contributed by atoms with E-state index >= 15 is 0 Å². The Morgan fingerprint density at radius 1 is 1.56 bits per heavy atom. The monoisotopic (exact) mass is 203 g/mol. The largest absolute Gasteiger partial charge is 0.542 e. The Balaban J connectivity index is 0. The molecule has 0 aromatic rings. The van der Waals surface area contributed by atoms with E-state index in [9.17, 15) is 9.59 Å². The van der Waals surface area contributed by atoms with Crippen LogP contribution in [0.3, 0.4) is 0 Å². The van der Waals surface area contributed by atoms with E-state index in [1.807, 2.05) is 0 Å². The second-order valence-electron chi connectivity index (χ2n) is 1.70. The van der Waals surface area contributed by atoms with Crippen molar-refractivity contribution in [2.24, 2.45) is 0 Å². The molecular formula is C6H9O2Zr-. The van der Waals surface area contributed by atoms with Crippen LogP contribution < -0.4 is 0 Å². The first kappa shape index (κ1) is 12.0. The van der Waals surface area contributed by atoms with Gasteiger partial charge in [-0.05, 0) is 6.92 Å². The maximum absolute atomic E-state index is 10.2. The predicted molar refractivity (Wildman–Crippen MR) is 30.2 cm³/mol. The van der Waals surface area contributed by atoms with Crippen molar-refractivity contribution >= 4 is 12.1 Å². The second kappa shape index (κ2) is 8.22. The van der Waals surface area contributed by atoms with Crippen LogP contribution in [0.4, 0.5) is 0 Å². The minimum Gasteiger partial charge on any atom is -0.542 e. The van der Waals surface area contributed by atoms with Crippen molar-refractivity contribution in [2.45, 2.75) is 26.2 Å². The van der Waals surface area contributed by atoms with Crippen LogP contribution in [0.25, 0.3) is 0 Å². The normalized spacial score (nSPS) is 7.67. The molecule has 0 heterocycles. The van der Waals surface area contributed by atoms with E-state index in [0.29, 0.717) is 19.3 Å². The maximum atomic E-state index is 10.2. The van der Waals surface area contributed by atoms with E-state index in [-0.39, 0.29) is 32.0 Å². The first-order chi connectivity index (χ1) is 3.77. The summed E-state index contributed by atoms with van der Waals surface area (Å²) in [5.41, 5.74) is 0. The molecule has 0 aliphatic rings. The number of hydrogen-bond donors (Lipinski definition) is 0. The maximum Gasteiger partial charge on any atom is 0.129 e. The number of carbonyl (C=O) groups excluding carboxylic acids is 2. The van der Waals surface area contributed by atoms with Crippen LogP contribution in [0, 0.1) is 0 Å². The molecule has 0 amide bonds. The summed E-state index contributed by atoms with van der Waals surface area (Å²) >= 11 is 0. The van der Waals surface area contributed by atoms with E-state index in [1.54, 1.807) is 6.29 Å². The predicted octanol–water partition coefficient (Wildman–Crippen LogP) is 0.853. The first-order valence-electron chi connectivity index (χ1n) is 2.62. The van der Waals surface area contributed by atoms with Gasteiger partial charge in [-0.2, -0.15) is 6.42 Å². The molecule has 0 N–H and O–H groups in total. The first-order valence-corrected chi connectivity index (χ1v) is 2.62. The molecule has 0 unspecified atom stereocenters. The topological polar surface area (TPSA) is 34.1 Å². The molecule has 0 aliphatic heterocycles. The van der Waals surface area contributed by atoms with E-state index in [4.69, 9.17) is 0 Å². The van der Waals surface area contributed by atoms with Gasteiger partial charge in [0.2, 0.25) is 0 Å². The number of hydrogen-bond acceptors (Lipinski definition) is 2. The van der Waals surface area contributed by atoms with Gasteiger partial charge in [0, 0.05) is 32.6 Å². The summed E-state index contributed by atoms with van der Waals surface area (Å²) in [7, 11) is 0. The Hall–Kier alpha value is 0.223. The Kier molecular flexibility index (Phi) is 10.9. The zero-order valence-electron chi connectivity index (χ0n) is 5.44. The number of unbranched alkanes of at least 4 members (excludes halogenated alkanes) is 1. The molecule has 0 saturated heterocycles. The van der Waals surface area contributed by atoms with Gasteiger partial charge in [-0.3, -0.25) is 6.29 Å². The average molecular weight is 204 g/mol. The van der Waals surface area contributed by atoms with Gasteiger partial charge in [-0.15, -0.1) is 0 Å². The average Bonchev–Trinajstić information content (AvgIpc) is 1.66. The summed E-state index contributed by atoms with van der Waals surface area (Å²) in [6, 6.07) is 0. The van der Waals surface area contributed by atoms with Crippen molar-refractivity contribution < 1.29 is 35.8 Å². The van der Waals surface area contributed by atoms with Crippen molar-refractivity contribution in [3.63, 3.8) is 0 Å². The smallest absolute Gasteiger partial charge is 0.129 e. The molecule has 0 bridgehead atoms. The minimum absolute atomic E-state index is 0. The van der Waals surface area contributed by atoms with Gasteiger partial charge in [0.1, 0.15) is 5.78 Å². The number of ketones is 1. The quantitative estimate of drug-likeness (QED) is 0.502. The van der Waals surface area contributed by atoms with Crippen LogP contribution in [-0.4, -0.2) is 12.1 Å². The molecule has 0 aromatic heterocycles. The van der Waals surface area contributed by atoms with Crippen molar-refractivity contribution in [3.8, 4) is 0 Å². The Morgan fingerprint density at radius 2 is 2.11 bits per heavy atom. The van der Waals surface area contributed by atoms with Crippen molar-refractivity contribution in [1.82, 2.24) is 0 Å². The zero-order valence-corrected chi connectivity index (χ0v) is 7.90. The van der Waals surface area contributed by atoms with E-state index in [1.165, 1.54) is 6.92 Å². The number of carbonyl (C=O) groups is 1. The molecule has 0 fully saturated rings. The summed E-state index contributed by atoms with van der Waals surface area (Å²) in [6.07, 6.45) is 3.27. The van der Waals surface area contributed by atoms with Crippen LogP contribution in [0.5, 0.6) is 0 Å². The second-order valence-corrected chi connectivity index (χ2v) is 1.70. The van der Waals surface area contributed by atoms with Gasteiger partial charge in [-0.1, -0.05) is 6.42 Å². The third-order valence-electron chi connectivity index (χ3n) is 0.808. The van der Waals surface area contributed by atoms with Crippen molar-refractivity contribution in [3.05, 3.63) is 0 Å². The molecule has 0 radical (unpaired) electrons. The van der Waals surface area contributed by atoms with Gasteiger partial charge >= 0.3 is 0 Å². The Morgan fingerprint density at radius 3 is 2.44 bits per heavy atom. The Labute approximate surface area is 74.1 Å². The summed E-state index contributed by atoms with van der Waals surface area (Å²) in [6.45, 7) is 1.52. The van der Waals surface area contributed by atoms with E-state index in [2.05, 4.69) is 0 Å². The SMILES string of the molecule is CC(=O)CCC[C-]=O.[Zr]. The van der Waals surface area contributed by atoms with Crippen LogP contribution in [0.1, 0.15) is 26.2 Å². The molecule has 0 atom stereocenters. The molecular weight excluding hydrogens is 195 g/mol. The van der Waals surface area contributed by atoms with Crippen LogP contribution in [-0.2, 0) is 35.8 Å². The fraction of sp³-hybridized carbons (Fsp3) is 0.667. The van der Waals surface area contributed by atoms with E-state index < -0.39 is 0 Å². The molecule has 2 nitrogen and oxygen atoms in total. The molecule has 0 spiro atoms. The Bertz CT molecular complexity index is 91.1. The molecule has 0 rings (SSSR count). The number of Topliss-reactive ketones (excluding diaryl/α,β-unsaturated/α-hetero) is 1. The molecule has 0 aromatic carbocycles.